The molecule has 0 aromatic heterocycles. The van der Waals surface area contributed by atoms with Crippen LogP contribution in [-0.4, -0.2) is 201 Å². The molecule has 0 unspecified atom stereocenters. The molecule has 0 spiro atoms. The molecule has 61 heteroatoms. The number of alkyl halides is 32. The van der Waals surface area contributed by atoms with Crippen LogP contribution in [0.5, 0.6) is 0 Å². The molecule has 0 fully saturated rings. The summed E-state index contributed by atoms with van der Waals surface area (Å²) >= 11 is 0. The Bertz CT molecular complexity index is 4660. The molecule has 0 amide bonds. The van der Waals surface area contributed by atoms with Crippen molar-refractivity contribution in [3.05, 3.63) is 117 Å². The van der Waals surface area contributed by atoms with Crippen molar-refractivity contribution in [3.8, 4) is 22.3 Å². The van der Waals surface area contributed by atoms with Gasteiger partial charge in [-0.2, -0.15) is 139 Å². The Hall–Kier alpha value is -8.42. The Kier molecular flexibility index (Phi) is 26.6. The summed E-state index contributed by atoms with van der Waals surface area (Å²) in [7, 11) is -28.1. The van der Waals surface area contributed by atoms with Gasteiger partial charge < -0.3 is 4.90 Å². The highest BCUT2D eigenvalue weighted by Gasteiger charge is 2.79. The fourth-order valence-electron chi connectivity index (χ4n) is 9.86. The van der Waals surface area contributed by atoms with Crippen molar-refractivity contribution < 1.29 is 211 Å². The zero-order chi connectivity index (χ0) is 88.7. The Balaban J connectivity index is 0.00000316. The highest BCUT2D eigenvalue weighted by molar-refractivity contribution is 7.87. The van der Waals surface area contributed by atoms with Gasteiger partial charge in [0.05, 0.1) is 41.9 Å². The summed E-state index contributed by atoms with van der Waals surface area (Å²) in [4.78, 5) is 36.1. The Morgan fingerprint density at radius 1 is 0.351 bits per heavy atom. The summed E-state index contributed by atoms with van der Waals surface area (Å²) < 4.78 is 571. The Labute approximate surface area is 611 Å². The number of allylic oxidation sites excluding steroid dienone is 1. The van der Waals surface area contributed by atoms with Crippen molar-refractivity contribution in [1.82, 2.24) is 4.90 Å². The van der Waals surface area contributed by atoms with Crippen molar-refractivity contribution in [2.75, 3.05) is 46.1 Å². The minimum absolute atomic E-state index is 0.399. The number of halogens is 32. The molecule has 4 aromatic carbocycles. The molecule has 114 heavy (non-hydrogen) atoms. The average molecular weight is 1800 g/mol. The quantitative estimate of drug-likeness (QED) is 0.0156. The first-order chi connectivity index (χ1) is 51.1. The molecule has 642 valence electrons. The lowest BCUT2D eigenvalue weighted by Crippen LogP contribution is -2.59. The van der Waals surface area contributed by atoms with Crippen LogP contribution in [0.2, 0.25) is 0 Å². The van der Waals surface area contributed by atoms with Crippen LogP contribution in [-0.2, 0) is 57.2 Å². The fourth-order valence-corrected chi connectivity index (χ4v) is 13.7. The fraction of sp³-hybridized carbons (Fsp3) is 0.509. The van der Waals surface area contributed by atoms with Crippen molar-refractivity contribution in [1.29, 1.82) is 0 Å². The molecular weight excluding hydrogens is 1760 g/mol. The summed E-state index contributed by atoms with van der Waals surface area (Å²) in [5.41, 5.74) is -27.0. The van der Waals surface area contributed by atoms with E-state index in [1.165, 1.54) is 19.6 Å². The first-order valence-electron chi connectivity index (χ1n) is 29.1. The molecule has 4 aromatic rings. The normalized spacial score (nSPS) is 14.9. The number of nitro groups is 4. The monoisotopic (exact) mass is 1800 g/mol. The van der Waals surface area contributed by atoms with E-state index < -0.39 is 336 Å². The molecule has 0 N–H and O–H groups in total. The van der Waals surface area contributed by atoms with E-state index in [1.807, 2.05) is 0 Å². The largest absolute Gasteiger partial charge is 0.380 e. The standard InChI is InChI=1S/C47H22F32N4O20S4.C6H15N/c48-32(49)40(64,65)44(72,73)36(56,57)10-100-104(92,93)14-1-20-18(21-2-15(6-25(81(86)87)29(21)28(20)24(5-14)80(84)85)105(94,95)101-11-37(58,59)45(74,75)41(66,67)33(50)51)9-19-22-3-16(106(96,97)102-12-38(60,61)46(76,77)42(68,69)34(52)53)7-26(82(88)89)30(22)31-23(19)4-17(8-27(31)83(90)91)107(98,99)103-13-39(62,63)47(78,79)43(70,71)35(54)55;1-4-7(5-2)6-3/h1-9,18,32-35H,10-13H2;4-6H2,1-3H3. The van der Waals surface area contributed by atoms with Crippen LogP contribution in [0.15, 0.2) is 74.2 Å². The molecular formula is C53H37F32N5O20S4. The van der Waals surface area contributed by atoms with Crippen LogP contribution in [0, 0.1) is 40.5 Å². The van der Waals surface area contributed by atoms with Crippen LogP contribution in [0.1, 0.15) is 48.9 Å². The number of hydrogen-bond donors (Lipinski definition) is 0. The van der Waals surface area contributed by atoms with Gasteiger partial charge >= 0.3 is 96.8 Å². The molecule has 0 saturated carbocycles. The van der Waals surface area contributed by atoms with Crippen LogP contribution in [0.3, 0.4) is 0 Å². The van der Waals surface area contributed by atoms with E-state index in [0.29, 0.717) is 0 Å². The van der Waals surface area contributed by atoms with Crippen molar-refractivity contribution in [2.24, 2.45) is 0 Å². The van der Waals surface area contributed by atoms with E-state index >= 15 is 0 Å². The number of nitrogens with zero attached hydrogens (tertiary/aromatic N) is 5. The van der Waals surface area contributed by atoms with Gasteiger partial charge in [-0.1, -0.05) is 26.8 Å². The van der Waals surface area contributed by atoms with Crippen LogP contribution in [0.25, 0.3) is 27.8 Å². The summed E-state index contributed by atoms with van der Waals surface area (Å²) in [6, 6.07) is -4.98. The van der Waals surface area contributed by atoms with Gasteiger partial charge in [-0.3, -0.25) is 57.2 Å². The van der Waals surface area contributed by atoms with Crippen molar-refractivity contribution in [2.45, 2.75) is 143 Å². The van der Waals surface area contributed by atoms with Crippen LogP contribution < -0.4 is 0 Å². The number of hydrogen-bond acceptors (Lipinski definition) is 21. The number of rotatable bonds is 36. The van der Waals surface area contributed by atoms with E-state index in [2.05, 4.69) is 42.4 Å². The smallest absolute Gasteiger partial charge is 0.304 e. The molecule has 0 saturated heterocycles. The van der Waals surface area contributed by atoms with Gasteiger partial charge in [0.15, 0.2) is 0 Å². The maximum atomic E-state index is 14.8. The highest BCUT2D eigenvalue weighted by atomic mass is 32.2. The predicted octanol–water partition coefficient (Wildman–Crippen LogP) is 15.4. The molecule has 6 rings (SSSR count). The van der Waals surface area contributed by atoms with Gasteiger partial charge in [0.2, 0.25) is 0 Å². The van der Waals surface area contributed by atoms with Gasteiger partial charge in [0.1, 0.15) is 46.0 Å². The van der Waals surface area contributed by atoms with Gasteiger partial charge in [-0.05, 0) is 71.7 Å². The van der Waals surface area contributed by atoms with E-state index in [9.17, 15) is 215 Å². The lowest BCUT2D eigenvalue weighted by atomic mass is 9.91. The topological polar surface area (TPSA) is 349 Å². The zero-order valence-corrected chi connectivity index (χ0v) is 57.9. The molecule has 2 aliphatic carbocycles. The average Bonchev–Trinajstić information content (AvgIpc) is 1.54. The van der Waals surface area contributed by atoms with Gasteiger partial charge in [0.25, 0.3) is 63.2 Å². The minimum Gasteiger partial charge on any atom is -0.304 e. The second kappa shape index (κ2) is 31.6. The molecule has 25 nitrogen and oxygen atoms in total. The first-order valence-corrected chi connectivity index (χ1v) is 34.7. The van der Waals surface area contributed by atoms with Crippen LogP contribution in [0.4, 0.5) is 163 Å². The molecule has 2 aliphatic rings. The number of benzene rings is 4. The summed E-state index contributed by atoms with van der Waals surface area (Å²) in [5.74, 6) is -90.0. The zero-order valence-electron chi connectivity index (χ0n) is 54.7. The lowest BCUT2D eigenvalue weighted by molar-refractivity contribution is -0.386. The second-order valence-corrected chi connectivity index (χ2v) is 29.4. The third-order valence-electron chi connectivity index (χ3n) is 16.0. The summed E-state index contributed by atoms with van der Waals surface area (Å²) in [6.45, 7) is -5.32. The lowest BCUT2D eigenvalue weighted by Gasteiger charge is -2.31. The summed E-state index contributed by atoms with van der Waals surface area (Å²) in [6.07, 6.45) is -23.6. The number of nitro benzene ring substituents is 4. The Morgan fingerprint density at radius 2 is 0.544 bits per heavy atom. The summed E-state index contributed by atoms with van der Waals surface area (Å²) in [5, 5.41) is 51.9. The molecule has 0 atom stereocenters. The van der Waals surface area contributed by atoms with E-state index in [4.69, 9.17) is 0 Å². The molecule has 0 radical (unpaired) electrons. The first kappa shape index (κ1) is 96.2. The number of fused-ring (bicyclic) bond motifs is 6. The third-order valence-corrected chi connectivity index (χ3v) is 20.9. The molecule has 0 heterocycles. The second-order valence-electron chi connectivity index (χ2n) is 22.9. The van der Waals surface area contributed by atoms with Gasteiger partial charge in [-0.25, -0.2) is 35.1 Å². The highest BCUT2D eigenvalue weighted by Crippen LogP contribution is 2.61. The predicted molar refractivity (Wildman–Crippen MR) is 309 cm³/mol. The maximum Gasteiger partial charge on any atom is 0.380 e. The Morgan fingerprint density at radius 3 is 0.719 bits per heavy atom. The molecule has 0 aliphatic heterocycles. The van der Waals surface area contributed by atoms with Gasteiger partial charge in [-0.15, -0.1) is 0 Å². The van der Waals surface area contributed by atoms with E-state index in [-0.39, 0.29) is 0 Å². The van der Waals surface area contributed by atoms with Gasteiger partial charge in [0, 0.05) is 30.2 Å². The van der Waals surface area contributed by atoms with Crippen molar-refractivity contribution >= 4 is 68.8 Å². The molecule has 0 bridgehead atoms. The SMILES string of the molecule is CCN(CC)CC.O=[N+]([O-])c1cc(S(=O)(=O)OCC(F)(F)C(F)(F)C(F)(F)C(F)F)cc2c1-c1c(cc(S(=O)(=O)OCC(F)(F)C(F)(F)C(F)(F)C(F)F)cc1[N+](=O)[O-])C2=CC1c2cc(S(=O)(=O)OCC(F)(F)C(F)(F)C(F)(F)C(F)F)cc([N+](=O)[O-])c2-c2c1cc(S(=O)(=O)OCC(F)(F)C(F)(F)C(F)(F)C(F)F)cc2[N+](=O)[O-]. The minimum atomic E-state index is -7.48. The third kappa shape index (κ3) is 17.0. The van der Waals surface area contributed by atoms with E-state index in [1.54, 1.807) is 0 Å². The van der Waals surface area contributed by atoms with Crippen LogP contribution >= 0.6 is 0 Å². The van der Waals surface area contributed by atoms with E-state index in [0.717, 1.165) is 0 Å². The van der Waals surface area contributed by atoms with Crippen molar-refractivity contribution in [3.63, 3.8) is 0 Å². The maximum absolute atomic E-state index is 14.8.